The second-order valence-corrected chi connectivity index (χ2v) is 4.27. The Morgan fingerprint density at radius 2 is 1.83 bits per heavy atom. The number of rotatable bonds is 3. The zero-order valence-electron chi connectivity index (χ0n) is 8.96. The van der Waals surface area contributed by atoms with E-state index in [4.69, 9.17) is 27.9 Å². The Hall–Kier alpha value is -1.39. The van der Waals surface area contributed by atoms with E-state index < -0.39 is 11.6 Å². The lowest BCUT2D eigenvalue weighted by Crippen LogP contribution is -2.01. The Morgan fingerprint density at radius 3 is 2.56 bits per heavy atom. The third kappa shape index (κ3) is 3.09. The number of aromatic nitrogens is 1. The van der Waals surface area contributed by atoms with Crippen LogP contribution in [0.25, 0.3) is 0 Å². The summed E-state index contributed by atoms with van der Waals surface area (Å²) in [7, 11) is 0. The molecular formula is C12H7Cl2F2NO. The van der Waals surface area contributed by atoms with Crippen molar-refractivity contribution in [2.75, 3.05) is 0 Å². The van der Waals surface area contributed by atoms with Crippen LogP contribution in [0.3, 0.4) is 0 Å². The van der Waals surface area contributed by atoms with Gasteiger partial charge in [0.15, 0.2) is 5.82 Å². The lowest BCUT2D eigenvalue weighted by molar-refractivity contribution is 0.272. The first-order valence-electron chi connectivity index (χ1n) is 4.95. The molecule has 0 atom stereocenters. The zero-order chi connectivity index (χ0) is 13.1. The van der Waals surface area contributed by atoms with E-state index in [1.807, 2.05) is 0 Å². The smallest absolute Gasteiger partial charge is 0.252 e. The SMILES string of the molecule is Fc1cc(Cl)ccc1COc1nc(Cl)ccc1F. The van der Waals surface area contributed by atoms with Gasteiger partial charge in [0, 0.05) is 10.6 Å². The van der Waals surface area contributed by atoms with Crippen LogP contribution in [-0.4, -0.2) is 4.98 Å². The Kier molecular flexibility index (Phi) is 3.99. The Balaban J connectivity index is 2.13. The van der Waals surface area contributed by atoms with Gasteiger partial charge in [-0.2, -0.15) is 4.98 Å². The summed E-state index contributed by atoms with van der Waals surface area (Å²) < 4.78 is 31.8. The molecule has 6 heteroatoms. The maximum absolute atomic E-state index is 13.4. The van der Waals surface area contributed by atoms with Gasteiger partial charge < -0.3 is 4.74 Å². The summed E-state index contributed by atoms with van der Waals surface area (Å²) in [5, 5.41) is 0.381. The van der Waals surface area contributed by atoms with Crippen LogP contribution >= 0.6 is 23.2 Å². The van der Waals surface area contributed by atoms with Crippen LogP contribution in [0.5, 0.6) is 5.88 Å². The van der Waals surface area contributed by atoms with Crippen molar-refractivity contribution in [1.29, 1.82) is 0 Å². The molecule has 1 aromatic carbocycles. The molecule has 0 fully saturated rings. The van der Waals surface area contributed by atoms with Gasteiger partial charge in [0.25, 0.3) is 5.88 Å². The predicted octanol–water partition coefficient (Wildman–Crippen LogP) is 4.25. The maximum atomic E-state index is 13.4. The second kappa shape index (κ2) is 5.50. The number of ether oxygens (including phenoxy) is 1. The van der Waals surface area contributed by atoms with E-state index in [0.717, 1.165) is 12.1 Å². The molecule has 0 bridgehead atoms. The van der Waals surface area contributed by atoms with Gasteiger partial charge in [0.1, 0.15) is 17.6 Å². The third-order valence-corrected chi connectivity index (χ3v) is 2.60. The summed E-state index contributed by atoms with van der Waals surface area (Å²) in [6.45, 7) is -0.159. The molecule has 0 saturated heterocycles. The van der Waals surface area contributed by atoms with Gasteiger partial charge in [0.2, 0.25) is 0 Å². The Labute approximate surface area is 112 Å². The van der Waals surface area contributed by atoms with Crippen molar-refractivity contribution < 1.29 is 13.5 Å². The van der Waals surface area contributed by atoms with Gasteiger partial charge >= 0.3 is 0 Å². The Morgan fingerprint density at radius 1 is 1.06 bits per heavy atom. The van der Waals surface area contributed by atoms with E-state index in [-0.39, 0.29) is 28.2 Å². The highest BCUT2D eigenvalue weighted by Crippen LogP contribution is 2.20. The highest BCUT2D eigenvalue weighted by Gasteiger charge is 2.09. The molecule has 94 valence electrons. The topological polar surface area (TPSA) is 22.1 Å². The lowest BCUT2D eigenvalue weighted by atomic mass is 10.2. The minimum Gasteiger partial charge on any atom is -0.471 e. The molecule has 0 aliphatic heterocycles. The molecule has 18 heavy (non-hydrogen) atoms. The van der Waals surface area contributed by atoms with E-state index in [1.165, 1.54) is 18.2 Å². The summed E-state index contributed by atoms with van der Waals surface area (Å²) in [6.07, 6.45) is 0. The second-order valence-electron chi connectivity index (χ2n) is 3.45. The minimum atomic E-state index is -0.659. The van der Waals surface area contributed by atoms with Crippen LogP contribution < -0.4 is 4.74 Å². The summed E-state index contributed by atoms with van der Waals surface area (Å²) in [5.74, 6) is -1.45. The summed E-state index contributed by atoms with van der Waals surface area (Å²) in [5.41, 5.74) is 0.251. The number of halogens is 4. The molecule has 0 radical (unpaired) electrons. The van der Waals surface area contributed by atoms with Crippen molar-refractivity contribution >= 4 is 23.2 Å². The summed E-state index contributed by atoms with van der Waals surface area (Å²) >= 11 is 11.2. The van der Waals surface area contributed by atoms with Crippen molar-refractivity contribution in [3.8, 4) is 5.88 Å². The largest absolute Gasteiger partial charge is 0.471 e. The van der Waals surface area contributed by atoms with E-state index in [9.17, 15) is 8.78 Å². The fourth-order valence-corrected chi connectivity index (χ4v) is 1.59. The van der Waals surface area contributed by atoms with Gasteiger partial charge in [-0.05, 0) is 24.3 Å². The van der Waals surface area contributed by atoms with Crippen LogP contribution in [-0.2, 0) is 6.61 Å². The average Bonchev–Trinajstić information content (AvgIpc) is 2.32. The fraction of sp³-hybridized carbons (Fsp3) is 0.0833. The third-order valence-electron chi connectivity index (χ3n) is 2.16. The van der Waals surface area contributed by atoms with Crippen molar-refractivity contribution in [1.82, 2.24) is 4.98 Å². The van der Waals surface area contributed by atoms with Crippen molar-refractivity contribution in [3.63, 3.8) is 0 Å². The van der Waals surface area contributed by atoms with Gasteiger partial charge in [-0.25, -0.2) is 8.78 Å². The first-order chi connectivity index (χ1) is 8.56. The molecule has 0 N–H and O–H groups in total. The van der Waals surface area contributed by atoms with Gasteiger partial charge in [-0.1, -0.05) is 29.3 Å². The van der Waals surface area contributed by atoms with Gasteiger partial charge in [-0.15, -0.1) is 0 Å². The molecule has 2 aromatic rings. The number of hydrogen-bond acceptors (Lipinski definition) is 2. The maximum Gasteiger partial charge on any atom is 0.252 e. The molecule has 0 saturated carbocycles. The summed E-state index contributed by atoms with van der Waals surface area (Å²) in [4.78, 5) is 3.65. The molecule has 0 aliphatic carbocycles. The van der Waals surface area contributed by atoms with Gasteiger partial charge in [-0.3, -0.25) is 0 Å². The molecule has 0 spiro atoms. The first kappa shape index (κ1) is 13.1. The standard InChI is InChI=1S/C12H7Cl2F2NO/c13-8-2-1-7(10(16)5-8)6-18-12-9(15)3-4-11(14)17-12/h1-5H,6H2. The molecule has 0 aliphatic rings. The van der Waals surface area contributed by atoms with Gasteiger partial charge in [0.05, 0.1) is 0 Å². The number of hydrogen-bond donors (Lipinski definition) is 0. The average molecular weight is 290 g/mol. The van der Waals surface area contributed by atoms with Crippen LogP contribution in [0.1, 0.15) is 5.56 Å². The number of benzene rings is 1. The first-order valence-corrected chi connectivity index (χ1v) is 5.70. The monoisotopic (exact) mass is 289 g/mol. The Bertz CT molecular complexity index is 578. The van der Waals surface area contributed by atoms with Crippen LogP contribution in [0.2, 0.25) is 10.2 Å². The number of pyridine rings is 1. The van der Waals surface area contributed by atoms with Crippen molar-refractivity contribution in [2.24, 2.45) is 0 Å². The predicted molar refractivity (Wildman–Crippen MR) is 64.9 cm³/mol. The van der Waals surface area contributed by atoms with Crippen LogP contribution in [0.15, 0.2) is 30.3 Å². The fourth-order valence-electron chi connectivity index (χ4n) is 1.29. The van der Waals surface area contributed by atoms with Crippen molar-refractivity contribution in [2.45, 2.75) is 6.61 Å². The molecule has 2 rings (SSSR count). The highest BCUT2D eigenvalue weighted by atomic mass is 35.5. The molecule has 1 aromatic heterocycles. The van der Waals surface area contributed by atoms with E-state index in [1.54, 1.807) is 0 Å². The minimum absolute atomic E-state index is 0.1000. The number of nitrogens with zero attached hydrogens (tertiary/aromatic N) is 1. The lowest BCUT2D eigenvalue weighted by Gasteiger charge is -2.07. The molecular weight excluding hydrogens is 283 g/mol. The van der Waals surface area contributed by atoms with Crippen molar-refractivity contribution in [3.05, 3.63) is 57.7 Å². The summed E-state index contributed by atoms with van der Waals surface area (Å²) in [6, 6.07) is 6.56. The van der Waals surface area contributed by atoms with Crippen LogP contribution in [0.4, 0.5) is 8.78 Å². The van der Waals surface area contributed by atoms with E-state index in [2.05, 4.69) is 4.98 Å². The molecule has 0 unspecified atom stereocenters. The van der Waals surface area contributed by atoms with E-state index in [0.29, 0.717) is 0 Å². The molecule has 0 amide bonds. The molecule has 2 nitrogen and oxygen atoms in total. The van der Waals surface area contributed by atoms with Crippen LogP contribution in [0, 0.1) is 11.6 Å². The quantitative estimate of drug-likeness (QED) is 0.788. The van der Waals surface area contributed by atoms with E-state index >= 15 is 0 Å². The highest BCUT2D eigenvalue weighted by molar-refractivity contribution is 6.30. The molecule has 1 heterocycles. The normalized spacial score (nSPS) is 10.4. The zero-order valence-corrected chi connectivity index (χ0v) is 10.5.